The Bertz CT molecular complexity index is 419. The second kappa shape index (κ2) is 2.58. The molecule has 0 unspecified atom stereocenters. The Labute approximate surface area is 81.6 Å². The Morgan fingerprint density at radius 1 is 1.43 bits per heavy atom. The van der Waals surface area contributed by atoms with Gasteiger partial charge in [-0.05, 0) is 30.2 Å². The zero-order valence-electron chi connectivity index (χ0n) is 7.87. The van der Waals surface area contributed by atoms with Crippen LogP contribution >= 0.6 is 0 Å². The molecule has 3 rings (SSSR count). The van der Waals surface area contributed by atoms with Gasteiger partial charge in [0.2, 0.25) is 0 Å². The number of rotatable bonds is 1. The molecule has 1 fully saturated rings. The van der Waals surface area contributed by atoms with Crippen LogP contribution in [0.3, 0.4) is 0 Å². The van der Waals surface area contributed by atoms with Crippen molar-refractivity contribution >= 4 is 5.97 Å². The van der Waals surface area contributed by atoms with Crippen LogP contribution < -0.4 is 0 Å². The zero-order chi connectivity index (χ0) is 9.71. The van der Waals surface area contributed by atoms with E-state index in [-0.39, 0.29) is 12.1 Å². The van der Waals surface area contributed by atoms with E-state index < -0.39 is 0 Å². The van der Waals surface area contributed by atoms with Gasteiger partial charge in [0.15, 0.2) is 0 Å². The molecule has 2 aliphatic heterocycles. The summed E-state index contributed by atoms with van der Waals surface area (Å²) >= 11 is 0. The van der Waals surface area contributed by atoms with Gasteiger partial charge < -0.3 is 9.47 Å². The van der Waals surface area contributed by atoms with Gasteiger partial charge in [-0.2, -0.15) is 0 Å². The van der Waals surface area contributed by atoms with Crippen molar-refractivity contribution in [3.05, 3.63) is 34.4 Å². The molecule has 3 heteroatoms. The van der Waals surface area contributed by atoms with Crippen molar-refractivity contribution in [3.8, 4) is 0 Å². The van der Waals surface area contributed by atoms with Crippen molar-refractivity contribution in [1.82, 2.24) is 0 Å². The van der Waals surface area contributed by atoms with E-state index in [2.05, 4.69) is 0 Å². The fraction of sp³-hybridized carbons (Fsp3) is 0.364. The lowest BCUT2D eigenvalue weighted by Crippen LogP contribution is -1.96. The fourth-order valence-electron chi connectivity index (χ4n) is 1.88. The maximum Gasteiger partial charge on any atom is 0.338 e. The summed E-state index contributed by atoms with van der Waals surface area (Å²) in [5.74, 6) is -0.202. The lowest BCUT2D eigenvalue weighted by Gasteiger charge is -2.03. The van der Waals surface area contributed by atoms with Gasteiger partial charge in [-0.3, -0.25) is 0 Å². The van der Waals surface area contributed by atoms with Crippen molar-refractivity contribution in [3.63, 3.8) is 0 Å². The molecular weight excluding hydrogens is 180 g/mol. The third-order valence-corrected chi connectivity index (χ3v) is 2.75. The molecule has 1 atom stereocenters. The van der Waals surface area contributed by atoms with Crippen LogP contribution in [0, 0.1) is 6.92 Å². The summed E-state index contributed by atoms with van der Waals surface area (Å²) in [4.78, 5) is 11.3. The van der Waals surface area contributed by atoms with E-state index in [1.54, 1.807) is 0 Å². The molecular formula is C11H10O3. The molecule has 0 saturated carbocycles. The minimum absolute atomic E-state index is 0.202. The highest BCUT2D eigenvalue weighted by atomic mass is 16.6. The average molecular weight is 190 g/mol. The first-order chi connectivity index (χ1) is 6.75. The summed E-state index contributed by atoms with van der Waals surface area (Å²) in [6, 6.07) is 3.94. The first-order valence-electron chi connectivity index (χ1n) is 4.68. The molecule has 3 nitrogen and oxygen atoms in total. The van der Waals surface area contributed by atoms with E-state index in [0.29, 0.717) is 12.2 Å². The smallest absolute Gasteiger partial charge is 0.338 e. The first kappa shape index (κ1) is 8.00. The molecule has 1 aromatic rings. The van der Waals surface area contributed by atoms with Gasteiger partial charge >= 0.3 is 5.97 Å². The highest BCUT2D eigenvalue weighted by Crippen LogP contribution is 2.35. The van der Waals surface area contributed by atoms with E-state index >= 15 is 0 Å². The van der Waals surface area contributed by atoms with Crippen LogP contribution in [0.5, 0.6) is 0 Å². The van der Waals surface area contributed by atoms with Crippen LogP contribution in [-0.2, 0) is 16.1 Å². The number of fused-ring (bicyclic) bond motifs is 1. The quantitative estimate of drug-likeness (QED) is 0.500. The highest BCUT2D eigenvalue weighted by molar-refractivity contribution is 5.93. The number of benzene rings is 1. The number of epoxide rings is 1. The van der Waals surface area contributed by atoms with Crippen molar-refractivity contribution in [1.29, 1.82) is 0 Å². The second-order valence-electron chi connectivity index (χ2n) is 3.76. The monoisotopic (exact) mass is 190 g/mol. The molecule has 0 radical (unpaired) electrons. The van der Waals surface area contributed by atoms with Crippen LogP contribution in [-0.4, -0.2) is 12.6 Å². The molecule has 0 spiro atoms. The van der Waals surface area contributed by atoms with E-state index in [0.717, 1.165) is 17.7 Å². The van der Waals surface area contributed by atoms with E-state index in [1.165, 1.54) is 5.56 Å². The van der Waals surface area contributed by atoms with Gasteiger partial charge in [0.25, 0.3) is 0 Å². The number of aryl methyl sites for hydroxylation is 1. The zero-order valence-corrected chi connectivity index (χ0v) is 7.87. The summed E-state index contributed by atoms with van der Waals surface area (Å²) in [5, 5.41) is 0. The molecule has 1 aromatic carbocycles. The SMILES string of the molecule is Cc1cc2c(cc1[C@@H]1CO1)COC2=O. The van der Waals surface area contributed by atoms with Gasteiger partial charge in [-0.1, -0.05) is 0 Å². The highest BCUT2D eigenvalue weighted by Gasteiger charge is 2.30. The largest absolute Gasteiger partial charge is 0.457 e. The maximum absolute atomic E-state index is 11.3. The van der Waals surface area contributed by atoms with Gasteiger partial charge in [0.1, 0.15) is 12.7 Å². The Balaban J connectivity index is 2.14. The third-order valence-electron chi connectivity index (χ3n) is 2.75. The molecule has 2 aliphatic rings. The number of carbonyl (C=O) groups excluding carboxylic acids is 1. The Morgan fingerprint density at radius 2 is 2.21 bits per heavy atom. The van der Waals surface area contributed by atoms with Gasteiger partial charge in [-0.15, -0.1) is 0 Å². The van der Waals surface area contributed by atoms with Crippen molar-refractivity contribution in [2.24, 2.45) is 0 Å². The fourth-order valence-corrected chi connectivity index (χ4v) is 1.88. The summed E-state index contributed by atoms with van der Waals surface area (Å²) in [7, 11) is 0. The van der Waals surface area contributed by atoms with Crippen LogP contribution in [0.2, 0.25) is 0 Å². The number of carbonyl (C=O) groups is 1. The van der Waals surface area contributed by atoms with Crippen LogP contribution in [0.1, 0.15) is 33.2 Å². The van der Waals surface area contributed by atoms with E-state index in [1.807, 2.05) is 19.1 Å². The summed E-state index contributed by atoms with van der Waals surface area (Å²) < 4.78 is 10.2. The molecule has 0 aromatic heterocycles. The first-order valence-corrected chi connectivity index (χ1v) is 4.68. The van der Waals surface area contributed by atoms with Crippen molar-refractivity contribution in [2.75, 3.05) is 6.61 Å². The van der Waals surface area contributed by atoms with Gasteiger partial charge in [0.05, 0.1) is 12.2 Å². The van der Waals surface area contributed by atoms with Crippen molar-refractivity contribution < 1.29 is 14.3 Å². The molecule has 2 heterocycles. The number of hydrogen-bond acceptors (Lipinski definition) is 3. The van der Waals surface area contributed by atoms with Crippen LogP contribution in [0.25, 0.3) is 0 Å². The molecule has 0 N–H and O–H groups in total. The number of esters is 1. The Kier molecular flexibility index (Phi) is 1.47. The molecule has 0 aliphatic carbocycles. The number of cyclic esters (lactones) is 1. The Morgan fingerprint density at radius 3 is 2.93 bits per heavy atom. The maximum atomic E-state index is 11.3. The minimum atomic E-state index is -0.202. The predicted octanol–water partition coefficient (Wildman–Crippen LogP) is 1.74. The molecule has 1 saturated heterocycles. The Hall–Kier alpha value is -1.35. The second-order valence-corrected chi connectivity index (χ2v) is 3.76. The van der Waals surface area contributed by atoms with Gasteiger partial charge in [0, 0.05) is 5.56 Å². The van der Waals surface area contributed by atoms with Crippen molar-refractivity contribution in [2.45, 2.75) is 19.6 Å². The minimum Gasteiger partial charge on any atom is -0.457 e. The summed E-state index contributed by atoms with van der Waals surface area (Å²) in [5.41, 5.74) is 4.02. The lowest BCUT2D eigenvalue weighted by molar-refractivity contribution is 0.0535. The molecule has 0 bridgehead atoms. The standard InChI is InChI=1S/C11H10O3/c1-6-2-9-7(4-14-11(9)12)3-8(6)10-5-13-10/h2-3,10H,4-5H2,1H3/t10-/m0/s1. The summed E-state index contributed by atoms with van der Waals surface area (Å²) in [6.45, 7) is 3.21. The average Bonchev–Trinajstić information content (AvgIpc) is 2.94. The van der Waals surface area contributed by atoms with E-state index in [9.17, 15) is 4.79 Å². The predicted molar refractivity (Wildman–Crippen MR) is 49.0 cm³/mol. The molecule has 72 valence electrons. The molecule has 0 amide bonds. The topological polar surface area (TPSA) is 38.8 Å². The lowest BCUT2D eigenvalue weighted by atomic mass is 9.99. The van der Waals surface area contributed by atoms with Crippen LogP contribution in [0.15, 0.2) is 12.1 Å². The van der Waals surface area contributed by atoms with E-state index in [4.69, 9.17) is 9.47 Å². The van der Waals surface area contributed by atoms with Gasteiger partial charge in [-0.25, -0.2) is 4.79 Å². The number of hydrogen-bond donors (Lipinski definition) is 0. The van der Waals surface area contributed by atoms with Crippen LogP contribution in [0.4, 0.5) is 0 Å². The normalized spacial score (nSPS) is 23.2. The molecule has 14 heavy (non-hydrogen) atoms. The third kappa shape index (κ3) is 1.06. The summed E-state index contributed by atoms with van der Waals surface area (Å²) in [6.07, 6.45) is 0.246. The number of ether oxygens (including phenoxy) is 2.